The van der Waals surface area contributed by atoms with E-state index in [2.05, 4.69) is 61.2 Å². The zero-order chi connectivity index (χ0) is 17.5. The highest BCUT2D eigenvalue weighted by atomic mass is 32.1. The molecule has 0 radical (unpaired) electrons. The second-order valence-electron chi connectivity index (χ2n) is 6.41. The van der Waals surface area contributed by atoms with Crippen LogP contribution in [0.1, 0.15) is 30.0 Å². The first kappa shape index (κ1) is 17.7. The smallest absolute Gasteiger partial charge is 0.138 e. The topological polar surface area (TPSA) is 12.5 Å². The normalized spacial score (nSPS) is 11.0. The van der Waals surface area contributed by atoms with Crippen molar-refractivity contribution in [1.82, 2.24) is 4.90 Å². The van der Waals surface area contributed by atoms with Crippen LogP contribution in [0.25, 0.3) is 0 Å². The molecule has 0 aliphatic rings. The van der Waals surface area contributed by atoms with E-state index in [1.807, 2.05) is 22.9 Å². The van der Waals surface area contributed by atoms with Gasteiger partial charge in [-0.1, -0.05) is 48.9 Å². The fraction of sp³-hybridized carbons (Fsp3) is 0.273. The maximum Gasteiger partial charge on any atom is 0.138 e. The van der Waals surface area contributed by atoms with Gasteiger partial charge >= 0.3 is 0 Å². The van der Waals surface area contributed by atoms with Gasteiger partial charge < -0.3 is 4.74 Å². The van der Waals surface area contributed by atoms with E-state index in [1.165, 1.54) is 16.7 Å². The number of nitrogens with zero attached hydrogens (tertiary/aromatic N) is 1. The summed E-state index contributed by atoms with van der Waals surface area (Å²) in [6.45, 7) is 7.38. The lowest BCUT2D eigenvalue weighted by atomic mass is 10.1. The minimum absolute atomic E-state index is 0.905. The highest BCUT2D eigenvalue weighted by Crippen LogP contribution is 2.25. The van der Waals surface area contributed by atoms with E-state index in [4.69, 9.17) is 4.74 Å². The fourth-order valence-corrected chi connectivity index (χ4v) is 3.56. The van der Waals surface area contributed by atoms with Gasteiger partial charge in [0.15, 0.2) is 0 Å². The monoisotopic (exact) mass is 351 g/mol. The van der Waals surface area contributed by atoms with Gasteiger partial charge in [-0.2, -0.15) is 0 Å². The maximum atomic E-state index is 5.93. The SMILES string of the molecule is CCCN(Cc1cccc(C)c1)Cc1cccc(Oc2ccsc2)c1. The number of hydrogen-bond donors (Lipinski definition) is 0. The molecule has 2 nitrogen and oxygen atoms in total. The Hall–Kier alpha value is -2.10. The van der Waals surface area contributed by atoms with Crippen LogP contribution in [0.5, 0.6) is 11.5 Å². The standard InChI is InChI=1S/C22H25NOS/c1-3-11-23(15-19-7-4-6-18(2)13-19)16-20-8-5-9-21(14-20)24-22-10-12-25-17-22/h4-10,12-14,17H,3,11,15-16H2,1-2H3. The largest absolute Gasteiger partial charge is 0.456 e. The van der Waals surface area contributed by atoms with Crippen LogP contribution in [-0.2, 0) is 13.1 Å². The first-order valence-corrected chi connectivity index (χ1v) is 9.74. The quantitative estimate of drug-likeness (QED) is 0.475. The molecule has 0 fully saturated rings. The molecule has 0 bridgehead atoms. The van der Waals surface area contributed by atoms with Crippen molar-refractivity contribution in [3.63, 3.8) is 0 Å². The van der Waals surface area contributed by atoms with Crippen LogP contribution in [-0.4, -0.2) is 11.4 Å². The lowest BCUT2D eigenvalue weighted by molar-refractivity contribution is 0.257. The molecule has 25 heavy (non-hydrogen) atoms. The Kier molecular flexibility index (Phi) is 6.26. The van der Waals surface area contributed by atoms with Gasteiger partial charge in [-0.3, -0.25) is 4.90 Å². The third-order valence-electron chi connectivity index (χ3n) is 4.06. The molecular formula is C22H25NOS. The van der Waals surface area contributed by atoms with Gasteiger partial charge in [0.1, 0.15) is 11.5 Å². The van der Waals surface area contributed by atoms with Gasteiger partial charge in [-0.05, 0) is 54.6 Å². The van der Waals surface area contributed by atoms with Gasteiger partial charge in [0.25, 0.3) is 0 Å². The second kappa shape index (κ2) is 8.84. The van der Waals surface area contributed by atoms with Crippen molar-refractivity contribution in [1.29, 1.82) is 0 Å². The van der Waals surface area contributed by atoms with Crippen molar-refractivity contribution in [2.75, 3.05) is 6.54 Å². The van der Waals surface area contributed by atoms with E-state index in [9.17, 15) is 0 Å². The van der Waals surface area contributed by atoms with Gasteiger partial charge in [0.2, 0.25) is 0 Å². The van der Waals surface area contributed by atoms with E-state index < -0.39 is 0 Å². The number of ether oxygens (including phenoxy) is 1. The molecule has 1 heterocycles. The molecule has 130 valence electrons. The van der Waals surface area contributed by atoms with Crippen LogP contribution >= 0.6 is 11.3 Å². The summed E-state index contributed by atoms with van der Waals surface area (Å²) in [5.74, 6) is 1.82. The van der Waals surface area contributed by atoms with Crippen LogP contribution in [0.3, 0.4) is 0 Å². The molecule has 2 aromatic carbocycles. The molecule has 0 amide bonds. The molecule has 0 atom stereocenters. The van der Waals surface area contributed by atoms with Crippen molar-refractivity contribution in [3.05, 3.63) is 82.0 Å². The fourth-order valence-electron chi connectivity index (χ4n) is 3.01. The Morgan fingerprint density at radius 3 is 2.36 bits per heavy atom. The lowest BCUT2D eigenvalue weighted by Crippen LogP contribution is -2.23. The Morgan fingerprint density at radius 2 is 1.68 bits per heavy atom. The Bertz CT molecular complexity index is 782. The first-order valence-electron chi connectivity index (χ1n) is 8.80. The van der Waals surface area contributed by atoms with Gasteiger partial charge in [-0.25, -0.2) is 0 Å². The maximum absolute atomic E-state index is 5.93. The van der Waals surface area contributed by atoms with Crippen LogP contribution in [0, 0.1) is 6.92 Å². The average Bonchev–Trinajstić information content (AvgIpc) is 3.08. The number of aryl methyl sites for hydroxylation is 1. The summed E-state index contributed by atoms with van der Waals surface area (Å²) in [5, 5.41) is 4.05. The Morgan fingerprint density at radius 1 is 0.920 bits per heavy atom. The number of thiophene rings is 1. The van der Waals surface area contributed by atoms with Crippen LogP contribution < -0.4 is 4.74 Å². The second-order valence-corrected chi connectivity index (χ2v) is 7.19. The predicted molar refractivity (Wildman–Crippen MR) is 106 cm³/mol. The van der Waals surface area contributed by atoms with Crippen LogP contribution in [0.2, 0.25) is 0 Å². The summed E-state index contributed by atoms with van der Waals surface area (Å²) in [6, 6.07) is 19.2. The van der Waals surface area contributed by atoms with Crippen LogP contribution in [0.4, 0.5) is 0 Å². The summed E-state index contributed by atoms with van der Waals surface area (Å²) in [7, 11) is 0. The number of hydrogen-bond acceptors (Lipinski definition) is 3. The summed E-state index contributed by atoms with van der Waals surface area (Å²) in [5.41, 5.74) is 3.98. The van der Waals surface area contributed by atoms with Gasteiger partial charge in [-0.15, -0.1) is 11.3 Å². The van der Waals surface area contributed by atoms with E-state index in [0.29, 0.717) is 0 Å². The summed E-state index contributed by atoms with van der Waals surface area (Å²) >= 11 is 1.65. The van der Waals surface area contributed by atoms with Crippen molar-refractivity contribution < 1.29 is 4.74 Å². The molecule has 0 saturated carbocycles. The molecule has 1 aromatic heterocycles. The van der Waals surface area contributed by atoms with E-state index in [-0.39, 0.29) is 0 Å². The molecule has 3 aromatic rings. The lowest BCUT2D eigenvalue weighted by Gasteiger charge is -2.22. The molecule has 0 aliphatic carbocycles. The van der Waals surface area contributed by atoms with E-state index >= 15 is 0 Å². The molecule has 0 spiro atoms. The third kappa shape index (κ3) is 5.45. The average molecular weight is 352 g/mol. The molecule has 0 saturated heterocycles. The van der Waals surface area contributed by atoms with Crippen LogP contribution in [0.15, 0.2) is 65.4 Å². The minimum atomic E-state index is 0.905. The molecule has 0 aliphatic heterocycles. The zero-order valence-corrected chi connectivity index (χ0v) is 15.8. The molecular weight excluding hydrogens is 326 g/mol. The van der Waals surface area contributed by atoms with E-state index in [0.717, 1.165) is 37.6 Å². The summed E-state index contributed by atoms with van der Waals surface area (Å²) < 4.78 is 5.93. The molecule has 3 heteroatoms. The minimum Gasteiger partial charge on any atom is -0.456 e. The third-order valence-corrected chi connectivity index (χ3v) is 4.73. The van der Waals surface area contributed by atoms with Crippen molar-refractivity contribution >= 4 is 11.3 Å². The highest BCUT2D eigenvalue weighted by Gasteiger charge is 2.08. The predicted octanol–water partition coefficient (Wildman–Crippen LogP) is 6.26. The van der Waals surface area contributed by atoms with Crippen molar-refractivity contribution in [2.45, 2.75) is 33.4 Å². The van der Waals surface area contributed by atoms with E-state index in [1.54, 1.807) is 11.3 Å². The number of rotatable bonds is 8. The zero-order valence-electron chi connectivity index (χ0n) is 14.9. The summed E-state index contributed by atoms with van der Waals surface area (Å²) in [4.78, 5) is 2.50. The Labute approximate surface area is 154 Å². The Balaban J connectivity index is 1.69. The highest BCUT2D eigenvalue weighted by molar-refractivity contribution is 7.08. The van der Waals surface area contributed by atoms with Crippen molar-refractivity contribution in [3.8, 4) is 11.5 Å². The van der Waals surface area contributed by atoms with Gasteiger partial charge in [0.05, 0.1) is 0 Å². The molecule has 0 unspecified atom stereocenters. The summed E-state index contributed by atoms with van der Waals surface area (Å²) in [6.07, 6.45) is 1.15. The molecule has 3 rings (SSSR count). The molecule has 0 N–H and O–H groups in total. The van der Waals surface area contributed by atoms with Crippen molar-refractivity contribution in [2.24, 2.45) is 0 Å². The number of benzene rings is 2. The first-order chi connectivity index (χ1) is 12.2. The van der Waals surface area contributed by atoms with Gasteiger partial charge in [0, 0.05) is 18.5 Å².